The van der Waals surface area contributed by atoms with Crippen molar-refractivity contribution >= 4 is 17.9 Å². The largest absolute Gasteiger partial charge is 0.453 e. The molecule has 5 rings (SSSR count). The molecule has 0 aliphatic carbocycles. The third-order valence-corrected chi connectivity index (χ3v) is 9.55. The van der Waals surface area contributed by atoms with Crippen LogP contribution in [0.4, 0.5) is 4.79 Å². The zero-order chi connectivity index (χ0) is 39.1. The number of nitrogens with zero attached hydrogens (tertiary/aromatic N) is 2. The zero-order valence-corrected chi connectivity index (χ0v) is 32.5. The molecule has 0 spiro atoms. The number of amides is 3. The molecule has 1 saturated heterocycles. The van der Waals surface area contributed by atoms with E-state index < -0.39 is 30.6 Å². The van der Waals surface area contributed by atoms with Crippen molar-refractivity contribution in [1.82, 2.24) is 41.2 Å². The number of hydrogen-bond acceptors (Lipinski definition) is 9. The number of rotatable bonds is 16. The minimum atomic E-state index is -0.752. The van der Waals surface area contributed by atoms with E-state index in [1.54, 1.807) is 12.4 Å². The summed E-state index contributed by atoms with van der Waals surface area (Å²) in [6.07, 6.45) is 2.33. The van der Waals surface area contributed by atoms with E-state index in [0.717, 1.165) is 33.6 Å². The summed E-state index contributed by atoms with van der Waals surface area (Å²) in [7, 11) is 1.27. The van der Waals surface area contributed by atoms with E-state index in [0.29, 0.717) is 11.6 Å². The van der Waals surface area contributed by atoms with Gasteiger partial charge in [-0.1, -0.05) is 104 Å². The number of benzene rings is 2. The summed E-state index contributed by atoms with van der Waals surface area (Å²) in [4.78, 5) is 54.4. The number of carbonyl (C=O) groups excluding carboxylic acids is 3. The quantitative estimate of drug-likeness (QED) is 0.0797. The van der Waals surface area contributed by atoms with Gasteiger partial charge in [0.05, 0.1) is 49.0 Å². The first-order chi connectivity index (χ1) is 25.7. The molecule has 4 aromatic rings. The van der Waals surface area contributed by atoms with E-state index in [4.69, 9.17) is 14.2 Å². The van der Waals surface area contributed by atoms with Crippen LogP contribution < -0.4 is 21.3 Å². The molecular formula is C40H54N8O6. The van der Waals surface area contributed by atoms with Crippen molar-refractivity contribution in [3.8, 4) is 33.6 Å². The van der Waals surface area contributed by atoms with E-state index in [2.05, 4.69) is 65.5 Å². The van der Waals surface area contributed by atoms with E-state index >= 15 is 0 Å². The summed E-state index contributed by atoms with van der Waals surface area (Å²) >= 11 is 0. The van der Waals surface area contributed by atoms with Gasteiger partial charge in [0.1, 0.15) is 17.7 Å². The van der Waals surface area contributed by atoms with Crippen LogP contribution in [0.1, 0.15) is 79.1 Å². The molecule has 14 heteroatoms. The maximum Gasteiger partial charge on any atom is 0.407 e. The lowest BCUT2D eigenvalue weighted by Gasteiger charge is -2.33. The van der Waals surface area contributed by atoms with Crippen LogP contribution in [0.5, 0.6) is 0 Å². The van der Waals surface area contributed by atoms with Crippen molar-refractivity contribution in [2.45, 2.75) is 86.0 Å². The first-order valence-electron chi connectivity index (χ1n) is 18.5. The Morgan fingerprint density at radius 2 is 1.04 bits per heavy atom. The van der Waals surface area contributed by atoms with Crippen LogP contribution in [0.2, 0.25) is 0 Å². The van der Waals surface area contributed by atoms with Gasteiger partial charge in [-0.15, -0.1) is 0 Å². The fourth-order valence-corrected chi connectivity index (χ4v) is 6.23. The standard InChI is InChI=1S/C40H54N8O6/c1-21(2)31(45-37(49)33(23(5)6)47-39(51)52-9)35-41-18-29(43-35)27-14-10-25(11-15-27)26-12-16-28(17-13-26)30-19-42-36(44-30)32(22(3)4)46-38(50)34(24(7)8)48-40-53-20-54-40/h10-19,21-24,31-34,40,48H,20H2,1-9H3,(H,41,43)(H,42,44)(H,45,49)(H,46,50)(H,47,51)/t31-,32-,33+,34+/m1/s1. The van der Waals surface area contributed by atoms with Gasteiger partial charge < -0.3 is 40.1 Å². The van der Waals surface area contributed by atoms with Crippen LogP contribution in [0.3, 0.4) is 0 Å². The first kappa shape index (κ1) is 40.1. The normalized spacial score (nSPS) is 15.5. The van der Waals surface area contributed by atoms with Gasteiger partial charge in [0.2, 0.25) is 18.2 Å². The average molecular weight is 743 g/mol. The molecule has 0 saturated carbocycles. The maximum absolute atomic E-state index is 13.3. The number of hydrogen-bond donors (Lipinski definition) is 6. The van der Waals surface area contributed by atoms with Gasteiger partial charge in [-0.25, -0.2) is 14.8 Å². The number of methoxy groups -OCH3 is 1. The number of nitrogens with one attached hydrogen (secondary N) is 6. The lowest BCUT2D eigenvalue weighted by Crippen LogP contribution is -2.56. The van der Waals surface area contributed by atoms with Gasteiger partial charge in [0.15, 0.2) is 6.79 Å². The fraction of sp³-hybridized carbons (Fsp3) is 0.475. The van der Waals surface area contributed by atoms with Gasteiger partial charge in [0, 0.05) is 0 Å². The average Bonchev–Trinajstić information content (AvgIpc) is 3.82. The molecule has 290 valence electrons. The van der Waals surface area contributed by atoms with Crippen LogP contribution in [-0.4, -0.2) is 70.2 Å². The van der Waals surface area contributed by atoms with Crippen molar-refractivity contribution < 1.29 is 28.6 Å². The van der Waals surface area contributed by atoms with Crippen LogP contribution in [-0.2, 0) is 23.8 Å². The highest BCUT2D eigenvalue weighted by atomic mass is 16.9. The number of ether oxygens (including phenoxy) is 3. The summed E-state index contributed by atoms with van der Waals surface area (Å²) in [6, 6.07) is 14.5. The molecule has 0 radical (unpaired) electrons. The molecule has 2 aromatic heterocycles. The highest BCUT2D eigenvalue weighted by Crippen LogP contribution is 2.29. The molecule has 54 heavy (non-hydrogen) atoms. The Bertz CT molecular complexity index is 1850. The number of aromatic amines is 2. The number of H-pyrrole nitrogens is 2. The maximum atomic E-state index is 13.3. The molecule has 2 aromatic carbocycles. The summed E-state index contributed by atoms with van der Waals surface area (Å²) in [5.74, 6) is 0.871. The topological polar surface area (TPSA) is 184 Å². The Morgan fingerprint density at radius 1 is 0.630 bits per heavy atom. The first-order valence-corrected chi connectivity index (χ1v) is 18.5. The summed E-state index contributed by atoms with van der Waals surface area (Å²) in [6.45, 7) is 16.0. The Kier molecular flexibility index (Phi) is 13.3. The van der Waals surface area contributed by atoms with Crippen molar-refractivity contribution in [3.63, 3.8) is 0 Å². The second kappa shape index (κ2) is 17.9. The summed E-state index contributed by atoms with van der Waals surface area (Å²) < 4.78 is 15.3. The van der Waals surface area contributed by atoms with Gasteiger partial charge in [-0.3, -0.25) is 14.9 Å². The van der Waals surface area contributed by atoms with Crippen LogP contribution in [0.25, 0.3) is 33.6 Å². The molecule has 1 aliphatic rings. The predicted molar refractivity (Wildman–Crippen MR) is 205 cm³/mol. The predicted octanol–water partition coefficient (Wildman–Crippen LogP) is 6.04. The monoisotopic (exact) mass is 742 g/mol. The van der Waals surface area contributed by atoms with Gasteiger partial charge in [-0.05, 0) is 45.9 Å². The molecular weight excluding hydrogens is 688 g/mol. The Labute approximate surface area is 317 Å². The molecule has 0 unspecified atom stereocenters. The number of alkyl carbamates (subject to hydrolysis) is 1. The van der Waals surface area contributed by atoms with Crippen LogP contribution in [0, 0.1) is 23.7 Å². The molecule has 6 N–H and O–H groups in total. The SMILES string of the molecule is COC(=O)N[C@H](C(=O)N[C@@H](c1ncc(-c2ccc(-c3ccc(-c4cnc([C@H](NC(=O)[C@@H](NC5OCO5)C(C)C)C(C)C)[nH]4)cc3)cc2)[nH]1)C(C)C)C(C)C. The Balaban J connectivity index is 1.24. The second-order valence-electron chi connectivity index (χ2n) is 15.0. The zero-order valence-electron chi connectivity index (χ0n) is 32.5. The minimum Gasteiger partial charge on any atom is -0.453 e. The number of carbonyl (C=O) groups is 3. The molecule has 1 fully saturated rings. The van der Waals surface area contributed by atoms with Crippen molar-refractivity contribution in [3.05, 3.63) is 72.6 Å². The summed E-state index contributed by atoms with van der Waals surface area (Å²) in [5.41, 5.74) is 5.70. The van der Waals surface area contributed by atoms with E-state index in [1.165, 1.54) is 7.11 Å². The second-order valence-corrected chi connectivity index (χ2v) is 15.0. The van der Waals surface area contributed by atoms with Gasteiger partial charge >= 0.3 is 6.09 Å². The molecule has 0 bridgehead atoms. The number of imidazole rings is 2. The molecule has 3 amide bonds. The number of aromatic nitrogens is 4. The third-order valence-electron chi connectivity index (χ3n) is 9.55. The third kappa shape index (κ3) is 9.73. The van der Waals surface area contributed by atoms with Gasteiger partial charge in [-0.2, -0.15) is 0 Å². The van der Waals surface area contributed by atoms with Crippen LogP contribution in [0.15, 0.2) is 60.9 Å². The van der Waals surface area contributed by atoms with E-state index in [9.17, 15) is 14.4 Å². The van der Waals surface area contributed by atoms with Crippen LogP contribution >= 0.6 is 0 Å². The molecule has 1 aliphatic heterocycles. The Hall–Kier alpha value is -5.05. The summed E-state index contributed by atoms with van der Waals surface area (Å²) in [5, 5.41) is 12.0. The van der Waals surface area contributed by atoms with Crippen molar-refractivity contribution in [1.29, 1.82) is 0 Å². The lowest BCUT2D eigenvalue weighted by atomic mass is 10.00. The molecule has 4 atom stereocenters. The fourth-order valence-electron chi connectivity index (χ4n) is 6.23. The smallest absolute Gasteiger partial charge is 0.407 e. The minimum absolute atomic E-state index is 0.0252. The Morgan fingerprint density at radius 3 is 1.39 bits per heavy atom. The van der Waals surface area contributed by atoms with E-state index in [-0.39, 0.29) is 48.3 Å². The van der Waals surface area contributed by atoms with Gasteiger partial charge in [0.25, 0.3) is 0 Å². The van der Waals surface area contributed by atoms with E-state index in [1.807, 2.05) is 79.7 Å². The highest BCUT2D eigenvalue weighted by molar-refractivity contribution is 5.86. The molecule has 14 nitrogen and oxygen atoms in total. The van der Waals surface area contributed by atoms with Crippen molar-refractivity contribution in [2.24, 2.45) is 23.7 Å². The molecule has 3 heterocycles. The van der Waals surface area contributed by atoms with Crippen molar-refractivity contribution in [2.75, 3.05) is 13.9 Å². The lowest BCUT2D eigenvalue weighted by molar-refractivity contribution is -0.335. The highest BCUT2D eigenvalue weighted by Gasteiger charge is 2.32.